The molecule has 15 heteroatoms. The lowest BCUT2D eigenvalue weighted by Gasteiger charge is -2.13. The zero-order valence-corrected chi connectivity index (χ0v) is 21.5. The quantitative estimate of drug-likeness (QED) is 0.212. The smallest absolute Gasteiger partial charge is 0.434 e. The Morgan fingerprint density at radius 3 is 2.40 bits per heavy atom. The summed E-state index contributed by atoms with van der Waals surface area (Å²) < 4.78 is 89.5. The van der Waals surface area contributed by atoms with Crippen LogP contribution in [0.15, 0.2) is 67.0 Å². The van der Waals surface area contributed by atoms with Gasteiger partial charge in [-0.1, -0.05) is 0 Å². The van der Waals surface area contributed by atoms with Crippen LogP contribution in [0, 0.1) is 11.6 Å². The van der Waals surface area contributed by atoms with Crippen LogP contribution in [0.3, 0.4) is 0 Å². The highest BCUT2D eigenvalue weighted by Crippen LogP contribution is 2.36. The van der Waals surface area contributed by atoms with Gasteiger partial charge in [0.15, 0.2) is 22.9 Å². The van der Waals surface area contributed by atoms with Gasteiger partial charge in [-0.05, 0) is 49.7 Å². The van der Waals surface area contributed by atoms with Crippen LogP contribution in [0.4, 0.5) is 27.6 Å². The lowest BCUT2D eigenvalue weighted by atomic mass is 10.2. The van der Waals surface area contributed by atoms with E-state index in [1.807, 2.05) is 0 Å². The molecule has 0 bridgehead atoms. The molecule has 0 saturated carbocycles. The molecule has 0 radical (unpaired) electrons. The number of alkyl halides is 3. The van der Waals surface area contributed by atoms with Crippen molar-refractivity contribution < 1.29 is 36.0 Å². The van der Waals surface area contributed by atoms with Crippen molar-refractivity contribution in [3.63, 3.8) is 0 Å². The first kappa shape index (κ1) is 27.0. The molecule has 0 saturated heterocycles. The van der Waals surface area contributed by atoms with Crippen LogP contribution in [0.1, 0.15) is 16.1 Å². The molecule has 0 aliphatic heterocycles. The SMILES string of the molecule is CP(C)(=O)c1cc2nccc(Oc3ccc(NC(=O)c4cnn(-c5ccc(F)cc5)c4C(F)(F)F)cc3F)n2n1. The first-order chi connectivity index (χ1) is 18.8. The van der Waals surface area contributed by atoms with Crippen molar-refractivity contribution >= 4 is 29.8 Å². The van der Waals surface area contributed by atoms with Gasteiger partial charge in [-0.3, -0.25) is 4.79 Å². The van der Waals surface area contributed by atoms with Gasteiger partial charge >= 0.3 is 6.18 Å². The van der Waals surface area contributed by atoms with Gasteiger partial charge in [-0.15, -0.1) is 0 Å². The van der Waals surface area contributed by atoms with Crippen molar-refractivity contribution in [2.24, 2.45) is 0 Å². The Kier molecular flexibility index (Phi) is 6.66. The standard InChI is InChI=1S/C25H18F5N6O3P/c1-40(2,38)21-12-20-31-10-9-22(36(20)34-21)39-19-8-5-15(11-18(19)27)33-24(37)17-13-32-35(23(17)25(28,29)30)16-6-3-14(26)4-7-16/h3-13H,1-2H3,(H,33,37). The molecule has 2 aromatic carbocycles. The normalized spacial score (nSPS) is 12.1. The average molecular weight is 576 g/mol. The number of aromatic nitrogens is 5. The van der Waals surface area contributed by atoms with Gasteiger partial charge in [-0.2, -0.15) is 27.9 Å². The number of fused-ring (bicyclic) bond motifs is 1. The Labute approximate surface area is 222 Å². The molecule has 0 spiro atoms. The lowest BCUT2D eigenvalue weighted by Crippen LogP contribution is -2.20. The topological polar surface area (TPSA) is 103 Å². The Bertz CT molecular complexity index is 1790. The van der Waals surface area contributed by atoms with Crippen molar-refractivity contribution in [1.82, 2.24) is 24.4 Å². The fraction of sp³-hybridized carbons (Fsp3) is 0.120. The summed E-state index contributed by atoms with van der Waals surface area (Å²) in [5.74, 6) is -3.02. The monoisotopic (exact) mass is 576 g/mol. The molecule has 0 fully saturated rings. The molecule has 9 nitrogen and oxygen atoms in total. The zero-order valence-electron chi connectivity index (χ0n) is 20.6. The summed E-state index contributed by atoms with van der Waals surface area (Å²) in [6.45, 7) is 3.07. The van der Waals surface area contributed by atoms with E-state index in [-0.39, 0.29) is 23.0 Å². The number of nitrogens with zero attached hydrogens (tertiary/aromatic N) is 5. The molecule has 3 heterocycles. The second-order valence-electron chi connectivity index (χ2n) is 8.90. The van der Waals surface area contributed by atoms with Crippen LogP contribution in [0.25, 0.3) is 11.3 Å². The highest BCUT2D eigenvalue weighted by molar-refractivity contribution is 7.69. The van der Waals surface area contributed by atoms with Gasteiger partial charge in [0.1, 0.15) is 18.4 Å². The molecule has 0 atom stereocenters. The van der Waals surface area contributed by atoms with Crippen molar-refractivity contribution in [2.75, 3.05) is 18.6 Å². The molecule has 1 N–H and O–H groups in total. The number of halogens is 5. The predicted octanol–water partition coefficient (Wildman–Crippen LogP) is 5.50. The minimum Gasteiger partial charge on any atom is -0.436 e. The van der Waals surface area contributed by atoms with E-state index < -0.39 is 42.1 Å². The number of benzene rings is 2. The number of carbonyl (C=O) groups excluding carboxylic acids is 1. The number of nitrogens with one attached hydrogen (secondary N) is 1. The molecule has 40 heavy (non-hydrogen) atoms. The fourth-order valence-corrected chi connectivity index (χ4v) is 4.47. The maximum atomic E-state index is 14.9. The predicted molar refractivity (Wildman–Crippen MR) is 135 cm³/mol. The minimum atomic E-state index is -4.99. The first-order valence-corrected chi connectivity index (χ1v) is 14.0. The molecule has 206 valence electrons. The van der Waals surface area contributed by atoms with Gasteiger partial charge in [-0.25, -0.2) is 18.4 Å². The highest BCUT2D eigenvalue weighted by Gasteiger charge is 2.40. The number of anilines is 1. The summed E-state index contributed by atoms with van der Waals surface area (Å²) in [5, 5.41) is 10.1. The van der Waals surface area contributed by atoms with Gasteiger partial charge in [0, 0.05) is 30.1 Å². The van der Waals surface area contributed by atoms with Gasteiger partial charge in [0.25, 0.3) is 5.91 Å². The Morgan fingerprint density at radius 2 is 1.75 bits per heavy atom. The lowest BCUT2D eigenvalue weighted by molar-refractivity contribution is -0.143. The maximum absolute atomic E-state index is 14.9. The Morgan fingerprint density at radius 1 is 1.02 bits per heavy atom. The summed E-state index contributed by atoms with van der Waals surface area (Å²) in [6.07, 6.45) is -2.89. The van der Waals surface area contributed by atoms with E-state index in [9.17, 15) is 31.3 Å². The molecule has 0 aliphatic carbocycles. The minimum absolute atomic E-state index is 0.0587. The van der Waals surface area contributed by atoms with Crippen LogP contribution in [-0.4, -0.2) is 43.6 Å². The van der Waals surface area contributed by atoms with E-state index in [1.54, 1.807) is 0 Å². The van der Waals surface area contributed by atoms with Gasteiger partial charge in [0.2, 0.25) is 5.88 Å². The van der Waals surface area contributed by atoms with Gasteiger partial charge < -0.3 is 14.6 Å². The van der Waals surface area contributed by atoms with Crippen LogP contribution < -0.4 is 15.5 Å². The van der Waals surface area contributed by atoms with E-state index >= 15 is 0 Å². The van der Waals surface area contributed by atoms with E-state index in [1.165, 1.54) is 48.3 Å². The second-order valence-corrected chi connectivity index (χ2v) is 12.1. The van der Waals surface area contributed by atoms with E-state index in [4.69, 9.17) is 4.74 Å². The van der Waals surface area contributed by atoms with Crippen molar-refractivity contribution in [1.29, 1.82) is 0 Å². The third-order valence-corrected chi connectivity index (χ3v) is 6.94. The Balaban J connectivity index is 1.40. The number of hydrogen-bond acceptors (Lipinski definition) is 6. The van der Waals surface area contributed by atoms with Crippen molar-refractivity contribution in [3.8, 4) is 17.3 Å². The molecular formula is C25H18F5N6O3P. The third kappa shape index (κ3) is 5.30. The molecular weight excluding hydrogens is 558 g/mol. The van der Waals surface area contributed by atoms with Crippen LogP contribution in [0.2, 0.25) is 0 Å². The van der Waals surface area contributed by atoms with E-state index in [0.29, 0.717) is 22.0 Å². The number of hydrogen-bond donors (Lipinski definition) is 1. The molecule has 5 rings (SSSR count). The zero-order chi connectivity index (χ0) is 28.8. The second kappa shape index (κ2) is 9.87. The van der Waals surface area contributed by atoms with Crippen LogP contribution in [-0.2, 0) is 10.7 Å². The molecule has 1 amide bonds. The maximum Gasteiger partial charge on any atom is 0.434 e. The van der Waals surface area contributed by atoms with Crippen molar-refractivity contribution in [3.05, 3.63) is 89.9 Å². The first-order valence-electron chi connectivity index (χ1n) is 11.4. The third-order valence-electron chi connectivity index (χ3n) is 5.62. The Hall–Kier alpha value is -4.58. The van der Waals surface area contributed by atoms with Crippen LogP contribution in [0.5, 0.6) is 11.6 Å². The number of carbonyl (C=O) groups is 1. The molecule has 0 unspecified atom stereocenters. The fourth-order valence-electron chi connectivity index (χ4n) is 3.74. The van der Waals surface area contributed by atoms with Crippen LogP contribution >= 0.6 is 7.14 Å². The molecule has 5 aromatic rings. The largest absolute Gasteiger partial charge is 0.436 e. The summed E-state index contributed by atoms with van der Waals surface area (Å²) in [7, 11) is -2.71. The van der Waals surface area contributed by atoms with E-state index in [2.05, 4.69) is 20.5 Å². The van der Waals surface area contributed by atoms with Gasteiger partial charge in [0.05, 0.1) is 17.4 Å². The summed E-state index contributed by atoms with van der Waals surface area (Å²) in [6, 6.07) is 10.3. The summed E-state index contributed by atoms with van der Waals surface area (Å²) in [4.78, 5) is 16.9. The number of rotatable bonds is 6. The van der Waals surface area contributed by atoms with E-state index in [0.717, 1.165) is 30.3 Å². The average Bonchev–Trinajstić information content (AvgIpc) is 3.52. The van der Waals surface area contributed by atoms with Crippen molar-refractivity contribution in [2.45, 2.75) is 6.18 Å². The number of ether oxygens (including phenoxy) is 1. The highest BCUT2D eigenvalue weighted by atomic mass is 31.2. The summed E-state index contributed by atoms with van der Waals surface area (Å²) >= 11 is 0. The molecule has 3 aromatic heterocycles. The number of amides is 1. The summed E-state index contributed by atoms with van der Waals surface area (Å²) in [5.41, 5.74) is -1.86. The molecule has 0 aliphatic rings.